The summed E-state index contributed by atoms with van der Waals surface area (Å²) in [4.78, 5) is 39.6. The first kappa shape index (κ1) is 32.4. The summed E-state index contributed by atoms with van der Waals surface area (Å²) in [5, 5.41) is 23.5. The van der Waals surface area contributed by atoms with E-state index in [0.717, 1.165) is 5.56 Å². The maximum Gasteiger partial charge on any atom is 0.247 e. The fourth-order valence-electron chi connectivity index (χ4n) is 4.76. The van der Waals surface area contributed by atoms with Crippen LogP contribution in [0.1, 0.15) is 36.2 Å². The van der Waals surface area contributed by atoms with Crippen LogP contribution in [0, 0.1) is 9.49 Å². The molecule has 0 radical (unpaired) electrons. The Balaban J connectivity index is 2.02. The van der Waals surface area contributed by atoms with E-state index in [9.17, 15) is 24.6 Å². The maximum absolute atomic E-state index is 13.5. The first-order chi connectivity index (χ1) is 19.6. The molecule has 0 aliphatic heterocycles. The molecule has 0 aromatic heterocycles. The Hall–Kier alpha value is -3.16. The number of hydrogen-bond acceptors (Lipinski definition) is 8. The zero-order valence-corrected chi connectivity index (χ0v) is 25.8. The second kappa shape index (κ2) is 15.2. The third kappa shape index (κ3) is 7.98. The van der Waals surface area contributed by atoms with Crippen molar-refractivity contribution in [1.82, 2.24) is 10.2 Å². The third-order valence-corrected chi connectivity index (χ3v) is 7.65. The van der Waals surface area contributed by atoms with E-state index in [1.807, 2.05) is 46.9 Å². The van der Waals surface area contributed by atoms with Gasteiger partial charge in [0.2, 0.25) is 11.8 Å². The topological polar surface area (TPSA) is 135 Å². The second-order valence-corrected chi connectivity index (χ2v) is 11.1. The summed E-state index contributed by atoms with van der Waals surface area (Å²) >= 11 is 2.01. The predicted octanol–water partition coefficient (Wildman–Crippen LogP) is 2.76. The molecule has 0 bridgehead atoms. The number of aliphatic hydroxyl groups excluding tert-OH is 2. The van der Waals surface area contributed by atoms with E-state index in [-0.39, 0.29) is 37.9 Å². The van der Waals surface area contributed by atoms with Gasteiger partial charge in [-0.25, -0.2) is 0 Å². The van der Waals surface area contributed by atoms with Crippen LogP contribution in [0.25, 0.3) is 0 Å². The van der Waals surface area contributed by atoms with Gasteiger partial charge in [0.1, 0.15) is 24.2 Å². The van der Waals surface area contributed by atoms with Crippen molar-refractivity contribution in [2.75, 3.05) is 33.9 Å². The van der Waals surface area contributed by atoms with E-state index in [1.165, 1.54) is 19.3 Å². The van der Waals surface area contributed by atoms with E-state index in [2.05, 4.69) is 5.32 Å². The van der Waals surface area contributed by atoms with Crippen LogP contribution in [0.5, 0.6) is 17.2 Å². The molecule has 0 saturated carbocycles. The van der Waals surface area contributed by atoms with Gasteiger partial charge in [-0.1, -0.05) is 32.0 Å². The number of nitrogens with zero attached hydrogens (tertiary/aromatic N) is 1. The lowest BCUT2D eigenvalue weighted by Crippen LogP contribution is -2.56. The number of aldehydes is 1. The number of ether oxygens (including phenoxy) is 3. The smallest absolute Gasteiger partial charge is 0.247 e. The molecule has 0 heterocycles. The van der Waals surface area contributed by atoms with Gasteiger partial charge >= 0.3 is 0 Å². The summed E-state index contributed by atoms with van der Waals surface area (Å²) < 4.78 is 17.8. The molecule has 3 N–H and O–H groups in total. The summed E-state index contributed by atoms with van der Waals surface area (Å²) in [7, 11) is 3.03. The first-order valence-electron chi connectivity index (χ1n) is 13.3. The molecule has 0 spiro atoms. The summed E-state index contributed by atoms with van der Waals surface area (Å²) in [6.45, 7) is 3.66. The highest BCUT2D eigenvalue weighted by Crippen LogP contribution is 2.37. The Morgan fingerprint density at radius 1 is 1.17 bits per heavy atom. The van der Waals surface area contributed by atoms with Crippen LogP contribution in [0.15, 0.2) is 48.0 Å². The van der Waals surface area contributed by atoms with Crippen molar-refractivity contribution >= 4 is 40.7 Å². The number of nitrogens with one attached hydrogen (secondary N) is 1. The van der Waals surface area contributed by atoms with Crippen molar-refractivity contribution in [1.29, 1.82) is 0 Å². The molecule has 0 fully saturated rings. The molecular formula is C30H37IN2O8. The van der Waals surface area contributed by atoms with Crippen molar-refractivity contribution < 1.29 is 38.8 Å². The number of methoxy groups -OCH3 is 2. The zero-order chi connectivity index (χ0) is 30.1. The fourth-order valence-corrected chi connectivity index (χ4v) is 5.51. The average molecular weight is 681 g/mol. The monoisotopic (exact) mass is 680 g/mol. The molecule has 3 rings (SSSR count). The number of benzene rings is 2. The summed E-state index contributed by atoms with van der Waals surface area (Å²) in [6, 6.07) is 9.89. The van der Waals surface area contributed by atoms with Gasteiger partial charge in [-0.3, -0.25) is 14.4 Å². The van der Waals surface area contributed by atoms with Crippen LogP contribution in [-0.4, -0.2) is 85.4 Å². The minimum Gasteiger partial charge on any atom is -0.496 e. The van der Waals surface area contributed by atoms with Gasteiger partial charge in [0.25, 0.3) is 0 Å². The Morgan fingerprint density at radius 3 is 2.51 bits per heavy atom. The number of halogens is 1. The fraction of sp³-hybridized carbons (Fsp3) is 0.433. The molecule has 0 unspecified atom stereocenters. The highest BCUT2D eigenvalue weighted by Gasteiger charge is 2.41. The minimum absolute atomic E-state index is 0.0518. The average Bonchev–Trinajstić information content (AvgIpc) is 2.97. The van der Waals surface area contributed by atoms with Gasteiger partial charge in [0.15, 0.2) is 11.5 Å². The molecule has 2 aromatic rings. The Labute approximate surface area is 253 Å². The van der Waals surface area contributed by atoms with E-state index < -0.39 is 24.2 Å². The molecule has 0 saturated heterocycles. The van der Waals surface area contributed by atoms with Crippen LogP contribution >= 0.6 is 22.6 Å². The molecule has 1 aliphatic rings. The third-order valence-electron chi connectivity index (χ3n) is 6.85. The van der Waals surface area contributed by atoms with Gasteiger partial charge in [0.05, 0.1) is 30.4 Å². The van der Waals surface area contributed by atoms with Gasteiger partial charge in [0, 0.05) is 36.6 Å². The van der Waals surface area contributed by atoms with Gasteiger partial charge in [-0.05, 0) is 58.9 Å². The van der Waals surface area contributed by atoms with Crippen LogP contribution < -0.4 is 19.5 Å². The van der Waals surface area contributed by atoms with Gasteiger partial charge < -0.3 is 34.6 Å². The van der Waals surface area contributed by atoms with Gasteiger partial charge in [-0.2, -0.15) is 0 Å². The molecule has 3 atom stereocenters. The lowest BCUT2D eigenvalue weighted by atomic mass is 9.87. The molecule has 10 nitrogen and oxygen atoms in total. The van der Waals surface area contributed by atoms with E-state index in [1.54, 1.807) is 31.9 Å². The zero-order valence-electron chi connectivity index (χ0n) is 23.6. The maximum atomic E-state index is 13.5. The minimum atomic E-state index is -1.20. The number of amides is 2. The van der Waals surface area contributed by atoms with Crippen molar-refractivity contribution in [3.63, 3.8) is 0 Å². The largest absolute Gasteiger partial charge is 0.496 e. The number of rotatable bonds is 13. The molecular weight excluding hydrogens is 643 g/mol. The number of aliphatic hydroxyl groups is 2. The summed E-state index contributed by atoms with van der Waals surface area (Å²) in [5.74, 6) is 0.309. The number of para-hydroxylation sites is 1. The highest BCUT2D eigenvalue weighted by molar-refractivity contribution is 14.1. The molecule has 41 heavy (non-hydrogen) atoms. The lowest BCUT2D eigenvalue weighted by Gasteiger charge is -2.41. The molecule has 1 aliphatic carbocycles. The number of hydrogen-bond donors (Lipinski definition) is 3. The first-order valence-corrected chi connectivity index (χ1v) is 14.4. The Morgan fingerprint density at radius 2 is 1.88 bits per heavy atom. The molecule has 2 amide bonds. The van der Waals surface area contributed by atoms with Crippen molar-refractivity contribution in [2.24, 2.45) is 5.92 Å². The van der Waals surface area contributed by atoms with E-state index >= 15 is 0 Å². The number of carbonyl (C=O) groups is 3. The van der Waals surface area contributed by atoms with Crippen LogP contribution in [0.4, 0.5) is 0 Å². The molecule has 222 valence electrons. The van der Waals surface area contributed by atoms with Crippen LogP contribution in [-0.2, 0) is 16.0 Å². The van der Waals surface area contributed by atoms with Crippen molar-refractivity contribution in [3.8, 4) is 17.2 Å². The van der Waals surface area contributed by atoms with Crippen LogP contribution in [0.2, 0.25) is 0 Å². The molecule has 11 heteroatoms. The Bertz CT molecular complexity index is 1270. The summed E-state index contributed by atoms with van der Waals surface area (Å²) in [6.07, 6.45) is 0.556. The lowest BCUT2D eigenvalue weighted by molar-refractivity contribution is -0.141. The van der Waals surface area contributed by atoms with Crippen molar-refractivity contribution in [2.45, 2.75) is 44.9 Å². The highest BCUT2D eigenvalue weighted by atomic mass is 127. The van der Waals surface area contributed by atoms with E-state index in [4.69, 9.17) is 14.2 Å². The van der Waals surface area contributed by atoms with Gasteiger partial charge in [-0.15, -0.1) is 0 Å². The standard InChI is InChI=1S/C30H37IN2O8/c1-18(2)30(38)33(11-9-20-7-5-6-8-24(20)39-3)23-15-21(29(37)32-10-12-34)16-25(27(23)36)41-28-22(31)13-19(17-35)14-26(28)40-4/h5-8,13-14,16-18,23,25,27,34,36H,9-12,15H2,1-4H3,(H,32,37)/t23-,25+,27+/m1/s1. The van der Waals surface area contributed by atoms with E-state index in [0.29, 0.717) is 44.7 Å². The summed E-state index contributed by atoms with van der Waals surface area (Å²) in [5.41, 5.74) is 1.61. The quantitative estimate of drug-likeness (QED) is 0.217. The van der Waals surface area contributed by atoms with Crippen LogP contribution in [0.3, 0.4) is 0 Å². The van der Waals surface area contributed by atoms with Crippen molar-refractivity contribution in [3.05, 3.63) is 62.7 Å². The Kier molecular flexibility index (Phi) is 12.0. The molecule has 2 aromatic carbocycles. The second-order valence-electron chi connectivity index (χ2n) is 9.92. The normalized spacial score (nSPS) is 18.3. The number of carbonyl (C=O) groups excluding carboxylic acids is 3. The predicted molar refractivity (Wildman–Crippen MR) is 161 cm³/mol. The SMILES string of the molecule is COc1ccccc1CCN(C(=O)C(C)C)[C@@H]1CC(C(=O)NCCO)=C[C@H](Oc2c(I)cc(C=O)cc2OC)[C@H]1O.